The third kappa shape index (κ3) is 2.63. The Labute approximate surface area is 142 Å². The number of hydrogen-bond acceptors (Lipinski definition) is 4. The van der Waals surface area contributed by atoms with Crippen molar-refractivity contribution >= 4 is 27.6 Å². The summed E-state index contributed by atoms with van der Waals surface area (Å²) in [6.45, 7) is 0. The first-order valence-corrected chi connectivity index (χ1v) is 7.77. The largest absolute Gasteiger partial charge is 0.366 e. The van der Waals surface area contributed by atoms with Gasteiger partial charge in [-0.2, -0.15) is 5.10 Å². The molecule has 0 spiro atoms. The first-order chi connectivity index (χ1) is 12.1. The number of primary amides is 1. The van der Waals surface area contributed by atoms with Crippen molar-refractivity contribution in [3.63, 3.8) is 0 Å². The number of hydrogen-bond donors (Lipinski definition) is 2. The molecule has 0 fully saturated rings. The Balaban J connectivity index is 1.86. The summed E-state index contributed by atoms with van der Waals surface area (Å²) >= 11 is 0. The van der Waals surface area contributed by atoms with Crippen molar-refractivity contribution in [2.24, 2.45) is 5.73 Å². The van der Waals surface area contributed by atoms with Crippen molar-refractivity contribution in [1.29, 1.82) is 0 Å². The van der Waals surface area contributed by atoms with E-state index in [1.165, 1.54) is 0 Å². The van der Waals surface area contributed by atoms with Crippen molar-refractivity contribution in [1.82, 2.24) is 15.2 Å². The van der Waals surface area contributed by atoms with Gasteiger partial charge in [0.1, 0.15) is 0 Å². The highest BCUT2D eigenvalue weighted by Gasteiger charge is 2.14. The van der Waals surface area contributed by atoms with Gasteiger partial charge in [-0.3, -0.25) is 14.6 Å². The average molecular weight is 330 g/mol. The number of aromatic amines is 1. The number of H-pyrrole nitrogens is 1. The third-order valence-corrected chi connectivity index (χ3v) is 4.18. The zero-order valence-corrected chi connectivity index (χ0v) is 13.2. The van der Waals surface area contributed by atoms with Gasteiger partial charge < -0.3 is 5.73 Å². The molecule has 2 aromatic heterocycles. The van der Waals surface area contributed by atoms with Gasteiger partial charge in [0.25, 0.3) is 5.56 Å². The average Bonchev–Trinajstić information content (AvgIpc) is 2.63. The van der Waals surface area contributed by atoms with Crippen LogP contribution in [0.25, 0.3) is 21.7 Å². The van der Waals surface area contributed by atoms with E-state index in [-0.39, 0.29) is 10.9 Å². The number of aromatic nitrogens is 3. The molecule has 0 saturated heterocycles. The molecule has 0 bridgehead atoms. The summed E-state index contributed by atoms with van der Waals surface area (Å²) in [5, 5.41) is 8.55. The van der Waals surface area contributed by atoms with Crippen molar-refractivity contribution in [2.75, 3.05) is 0 Å². The van der Waals surface area contributed by atoms with Gasteiger partial charge in [0.15, 0.2) is 0 Å². The number of rotatable bonds is 3. The lowest BCUT2D eigenvalue weighted by molar-refractivity contribution is 0.100. The molecule has 2 aromatic carbocycles. The minimum atomic E-state index is -0.638. The van der Waals surface area contributed by atoms with Gasteiger partial charge in [0, 0.05) is 23.4 Å². The molecule has 0 aliphatic rings. The minimum Gasteiger partial charge on any atom is -0.366 e. The van der Waals surface area contributed by atoms with Crippen LogP contribution in [0.4, 0.5) is 0 Å². The lowest BCUT2D eigenvalue weighted by atomic mass is 10.0. The number of nitrogens with one attached hydrogen (secondary N) is 1. The van der Waals surface area contributed by atoms with Crippen LogP contribution in [-0.4, -0.2) is 21.1 Å². The van der Waals surface area contributed by atoms with Crippen LogP contribution in [0.1, 0.15) is 21.6 Å². The van der Waals surface area contributed by atoms with Gasteiger partial charge in [-0.05, 0) is 23.8 Å². The van der Waals surface area contributed by atoms with Gasteiger partial charge in [-0.25, -0.2) is 5.10 Å². The van der Waals surface area contributed by atoms with E-state index in [2.05, 4.69) is 15.2 Å². The number of para-hydroxylation sites is 1. The highest BCUT2D eigenvalue weighted by Crippen LogP contribution is 2.21. The quantitative estimate of drug-likeness (QED) is 0.601. The smallest absolute Gasteiger partial charge is 0.272 e. The predicted octanol–water partition coefficient (Wildman–Crippen LogP) is 2.16. The molecule has 122 valence electrons. The molecular weight excluding hydrogens is 316 g/mol. The van der Waals surface area contributed by atoms with Gasteiger partial charge in [0.05, 0.1) is 22.2 Å². The molecule has 3 N–H and O–H groups in total. The van der Waals surface area contributed by atoms with Crippen LogP contribution in [0.2, 0.25) is 0 Å². The van der Waals surface area contributed by atoms with E-state index < -0.39 is 11.5 Å². The highest BCUT2D eigenvalue weighted by molar-refractivity contribution is 6.06. The van der Waals surface area contributed by atoms with Crippen LogP contribution in [0.15, 0.2) is 59.5 Å². The highest BCUT2D eigenvalue weighted by atomic mass is 16.1. The lowest BCUT2D eigenvalue weighted by Crippen LogP contribution is -2.18. The third-order valence-electron chi connectivity index (χ3n) is 4.18. The fraction of sp³-hybridized carbons (Fsp3) is 0.0526. The molecule has 0 saturated carbocycles. The lowest BCUT2D eigenvalue weighted by Gasteiger charge is -2.08. The van der Waals surface area contributed by atoms with Gasteiger partial charge >= 0.3 is 0 Å². The molecule has 0 aliphatic heterocycles. The second-order valence-corrected chi connectivity index (χ2v) is 5.80. The summed E-state index contributed by atoms with van der Waals surface area (Å²) in [6, 6.07) is 14.9. The summed E-state index contributed by atoms with van der Waals surface area (Å²) < 4.78 is 0. The van der Waals surface area contributed by atoms with E-state index in [0.717, 1.165) is 16.5 Å². The molecule has 4 aromatic rings. The molecule has 25 heavy (non-hydrogen) atoms. The molecular formula is C19H14N4O2. The molecule has 6 nitrogen and oxygen atoms in total. The van der Waals surface area contributed by atoms with Crippen LogP contribution >= 0.6 is 0 Å². The molecule has 1 amide bonds. The number of carbonyl (C=O) groups is 1. The summed E-state index contributed by atoms with van der Waals surface area (Å²) in [4.78, 5) is 28.2. The second-order valence-electron chi connectivity index (χ2n) is 5.80. The molecule has 0 atom stereocenters. The zero-order chi connectivity index (χ0) is 17.4. The van der Waals surface area contributed by atoms with Crippen molar-refractivity contribution < 1.29 is 4.79 Å². The van der Waals surface area contributed by atoms with Crippen LogP contribution in [-0.2, 0) is 6.42 Å². The van der Waals surface area contributed by atoms with E-state index in [4.69, 9.17) is 5.73 Å². The number of amides is 1. The molecule has 0 unspecified atom stereocenters. The van der Waals surface area contributed by atoms with Gasteiger partial charge in [-0.1, -0.05) is 30.3 Å². The molecule has 4 rings (SSSR count). The predicted molar refractivity (Wildman–Crippen MR) is 95.4 cm³/mol. The van der Waals surface area contributed by atoms with Crippen LogP contribution in [0, 0.1) is 0 Å². The number of nitrogens with two attached hydrogens (primary N) is 1. The number of carbonyl (C=O) groups excluding carboxylic acids is 1. The first-order valence-electron chi connectivity index (χ1n) is 7.77. The van der Waals surface area contributed by atoms with Crippen molar-refractivity contribution in [3.8, 4) is 0 Å². The number of nitrogens with zero attached hydrogens (tertiary/aromatic N) is 2. The van der Waals surface area contributed by atoms with Crippen LogP contribution in [0.5, 0.6) is 0 Å². The van der Waals surface area contributed by atoms with Gasteiger partial charge in [-0.15, -0.1) is 0 Å². The fourth-order valence-electron chi connectivity index (χ4n) is 3.02. The summed E-state index contributed by atoms with van der Waals surface area (Å²) in [6.07, 6.45) is 2.27. The van der Waals surface area contributed by atoms with Crippen LogP contribution < -0.4 is 11.3 Å². The Hall–Kier alpha value is -3.54. The van der Waals surface area contributed by atoms with Gasteiger partial charge in [0.2, 0.25) is 5.91 Å². The first kappa shape index (κ1) is 15.0. The monoisotopic (exact) mass is 330 g/mol. The number of fused-ring (bicyclic) bond motifs is 2. The van der Waals surface area contributed by atoms with E-state index in [9.17, 15) is 9.59 Å². The minimum absolute atomic E-state index is 0.194. The Kier molecular flexibility index (Phi) is 3.50. The zero-order valence-electron chi connectivity index (χ0n) is 13.2. The Morgan fingerprint density at radius 1 is 1.12 bits per heavy atom. The van der Waals surface area contributed by atoms with E-state index in [1.807, 2.05) is 30.3 Å². The summed E-state index contributed by atoms with van der Waals surface area (Å²) in [7, 11) is 0. The fourth-order valence-corrected chi connectivity index (χ4v) is 3.02. The van der Waals surface area contributed by atoms with Crippen LogP contribution in [0.3, 0.4) is 0 Å². The molecule has 0 aliphatic carbocycles. The molecule has 6 heteroatoms. The van der Waals surface area contributed by atoms with E-state index >= 15 is 0 Å². The topological polar surface area (TPSA) is 102 Å². The maximum Gasteiger partial charge on any atom is 0.272 e. The second kappa shape index (κ2) is 5.83. The van der Waals surface area contributed by atoms with Crippen molar-refractivity contribution in [2.45, 2.75) is 6.42 Å². The Morgan fingerprint density at radius 2 is 1.96 bits per heavy atom. The number of pyridine rings is 1. The van der Waals surface area contributed by atoms with Crippen molar-refractivity contribution in [3.05, 3.63) is 81.9 Å². The van der Waals surface area contributed by atoms with E-state index in [1.54, 1.807) is 24.4 Å². The number of benzene rings is 2. The summed E-state index contributed by atoms with van der Waals surface area (Å²) in [5.41, 5.74) is 7.70. The normalized spacial score (nSPS) is 11.0. The maximum absolute atomic E-state index is 12.1. The molecule has 2 heterocycles. The van der Waals surface area contributed by atoms with E-state index in [0.29, 0.717) is 17.5 Å². The maximum atomic E-state index is 12.1. The Morgan fingerprint density at radius 3 is 2.80 bits per heavy atom. The standard InChI is InChI=1S/C19H14N4O2/c20-18(24)14-6-3-5-13-16(22-23-19(25)17(13)14)9-11-8-12-4-1-2-7-15(12)21-10-11/h1-8,10H,9H2,(H2,20,24)(H,23,25). The molecule has 0 radical (unpaired) electrons. The Bertz CT molecular complexity index is 1180. The summed E-state index contributed by atoms with van der Waals surface area (Å²) in [5.74, 6) is -0.638. The SMILES string of the molecule is NC(=O)c1cccc2c(Cc3cnc4ccccc4c3)n[nH]c(=O)c12.